The molecular formula is C23H45NO3S. The standard InChI is InChI=1S/C23H45NO3S/c1-3-4-5-6-7-8-9-10-11-12-13-14-15-16-17-18-22(25)24-21(23(26)27)19-20-28-2/h21H,3-20H2,1-2H3,(H,24,25)(H,26,27)/t21-/m0/s1. The van der Waals surface area contributed by atoms with Gasteiger partial charge in [0.1, 0.15) is 6.04 Å². The fraction of sp³-hybridized carbons (Fsp3) is 0.913. The van der Waals surface area contributed by atoms with Gasteiger partial charge in [-0.1, -0.05) is 96.8 Å². The smallest absolute Gasteiger partial charge is 0.326 e. The largest absolute Gasteiger partial charge is 0.480 e. The molecule has 1 atom stereocenters. The van der Waals surface area contributed by atoms with Gasteiger partial charge in [-0.3, -0.25) is 4.79 Å². The lowest BCUT2D eigenvalue weighted by Crippen LogP contribution is -2.41. The van der Waals surface area contributed by atoms with Crippen molar-refractivity contribution < 1.29 is 14.7 Å². The molecule has 0 fully saturated rings. The van der Waals surface area contributed by atoms with E-state index in [-0.39, 0.29) is 5.91 Å². The molecule has 0 saturated heterocycles. The Labute approximate surface area is 178 Å². The minimum atomic E-state index is -0.932. The van der Waals surface area contributed by atoms with Crippen LogP contribution in [0.5, 0.6) is 0 Å². The van der Waals surface area contributed by atoms with Crippen molar-refractivity contribution in [3.63, 3.8) is 0 Å². The molecule has 1 amide bonds. The molecule has 0 heterocycles. The first kappa shape index (κ1) is 27.3. The molecule has 0 radical (unpaired) electrons. The van der Waals surface area contributed by atoms with Crippen LogP contribution in [0.1, 0.15) is 116 Å². The maximum absolute atomic E-state index is 11.9. The Morgan fingerprint density at radius 1 is 0.786 bits per heavy atom. The van der Waals surface area contributed by atoms with Crippen LogP contribution >= 0.6 is 11.8 Å². The van der Waals surface area contributed by atoms with E-state index in [1.807, 2.05) is 6.26 Å². The summed E-state index contributed by atoms with van der Waals surface area (Å²) in [6, 6.07) is -0.740. The first-order valence-electron chi connectivity index (χ1n) is 11.6. The summed E-state index contributed by atoms with van der Waals surface area (Å²) in [7, 11) is 0. The number of rotatable bonds is 21. The third-order valence-electron chi connectivity index (χ3n) is 5.25. The molecule has 166 valence electrons. The second-order valence-electron chi connectivity index (χ2n) is 7.94. The summed E-state index contributed by atoms with van der Waals surface area (Å²) in [5, 5.41) is 11.8. The second kappa shape index (κ2) is 21.0. The number of carboxylic acids is 1. The topological polar surface area (TPSA) is 66.4 Å². The van der Waals surface area contributed by atoms with Crippen molar-refractivity contribution >= 4 is 23.6 Å². The third-order valence-corrected chi connectivity index (χ3v) is 5.90. The molecule has 4 nitrogen and oxygen atoms in total. The maximum atomic E-state index is 11.9. The molecule has 0 aromatic heterocycles. The number of aliphatic carboxylic acids is 1. The molecule has 28 heavy (non-hydrogen) atoms. The molecular weight excluding hydrogens is 370 g/mol. The predicted octanol–water partition coefficient (Wildman–Crippen LogP) is 6.57. The van der Waals surface area contributed by atoms with E-state index >= 15 is 0 Å². The Kier molecular flexibility index (Phi) is 20.5. The highest BCUT2D eigenvalue weighted by atomic mass is 32.2. The van der Waals surface area contributed by atoms with Crippen LogP contribution in [0, 0.1) is 0 Å². The molecule has 0 unspecified atom stereocenters. The highest BCUT2D eigenvalue weighted by Gasteiger charge is 2.18. The number of carboxylic acid groups (broad SMARTS) is 1. The first-order chi connectivity index (χ1) is 13.6. The van der Waals surface area contributed by atoms with E-state index in [0.717, 1.165) is 18.6 Å². The minimum absolute atomic E-state index is 0.122. The number of nitrogens with one attached hydrogen (secondary N) is 1. The normalized spacial score (nSPS) is 12.1. The zero-order chi connectivity index (χ0) is 20.9. The fourth-order valence-electron chi connectivity index (χ4n) is 3.42. The quantitative estimate of drug-likeness (QED) is 0.208. The Hall–Kier alpha value is -0.710. The van der Waals surface area contributed by atoms with Gasteiger partial charge in [-0.15, -0.1) is 0 Å². The van der Waals surface area contributed by atoms with Crippen LogP contribution in [0.2, 0.25) is 0 Å². The van der Waals surface area contributed by atoms with Crippen molar-refractivity contribution in [3.8, 4) is 0 Å². The van der Waals surface area contributed by atoms with Crippen LogP contribution in [0.4, 0.5) is 0 Å². The van der Waals surface area contributed by atoms with Crippen molar-refractivity contribution in [2.45, 2.75) is 122 Å². The average molecular weight is 416 g/mol. The van der Waals surface area contributed by atoms with E-state index in [1.54, 1.807) is 11.8 Å². The molecule has 0 aliphatic heterocycles. The number of amides is 1. The van der Waals surface area contributed by atoms with Crippen LogP contribution < -0.4 is 5.32 Å². The SMILES string of the molecule is CCCCCCCCCCCCCCCCCC(=O)N[C@@H](CCSC)C(=O)O. The Balaban J connectivity index is 3.38. The van der Waals surface area contributed by atoms with Gasteiger partial charge in [-0.2, -0.15) is 11.8 Å². The number of carbonyl (C=O) groups is 2. The van der Waals surface area contributed by atoms with Gasteiger partial charge >= 0.3 is 5.97 Å². The summed E-state index contributed by atoms with van der Waals surface area (Å²) < 4.78 is 0. The van der Waals surface area contributed by atoms with Crippen LogP contribution in [-0.4, -0.2) is 35.0 Å². The van der Waals surface area contributed by atoms with Crippen molar-refractivity contribution in [1.82, 2.24) is 5.32 Å². The summed E-state index contributed by atoms with van der Waals surface area (Å²) in [5.74, 6) is -0.307. The van der Waals surface area contributed by atoms with Crippen LogP contribution in [0.15, 0.2) is 0 Å². The zero-order valence-corrected chi connectivity index (χ0v) is 19.3. The fourth-order valence-corrected chi connectivity index (χ4v) is 3.89. The number of unbranched alkanes of at least 4 members (excludes halogenated alkanes) is 14. The Morgan fingerprint density at radius 3 is 1.61 bits per heavy atom. The van der Waals surface area contributed by atoms with Crippen molar-refractivity contribution in [3.05, 3.63) is 0 Å². The molecule has 0 bridgehead atoms. The maximum Gasteiger partial charge on any atom is 0.326 e. The van der Waals surface area contributed by atoms with Gasteiger partial charge in [0.05, 0.1) is 0 Å². The zero-order valence-electron chi connectivity index (χ0n) is 18.5. The van der Waals surface area contributed by atoms with Crippen LogP contribution in [-0.2, 0) is 9.59 Å². The molecule has 0 aromatic rings. The lowest BCUT2D eigenvalue weighted by atomic mass is 10.0. The second-order valence-corrected chi connectivity index (χ2v) is 8.93. The molecule has 0 aliphatic rings. The minimum Gasteiger partial charge on any atom is -0.480 e. The first-order valence-corrected chi connectivity index (χ1v) is 13.0. The average Bonchev–Trinajstić information content (AvgIpc) is 2.67. The predicted molar refractivity (Wildman–Crippen MR) is 122 cm³/mol. The monoisotopic (exact) mass is 415 g/mol. The lowest BCUT2D eigenvalue weighted by Gasteiger charge is -2.13. The number of thioether (sulfide) groups is 1. The third kappa shape index (κ3) is 18.6. The van der Waals surface area contributed by atoms with Gasteiger partial charge in [0.15, 0.2) is 0 Å². The van der Waals surface area contributed by atoms with E-state index in [9.17, 15) is 9.59 Å². The highest BCUT2D eigenvalue weighted by molar-refractivity contribution is 7.98. The summed E-state index contributed by atoms with van der Waals surface area (Å²) in [6.45, 7) is 2.27. The molecule has 0 aromatic carbocycles. The summed E-state index contributed by atoms with van der Waals surface area (Å²) >= 11 is 1.60. The Bertz CT molecular complexity index is 377. The van der Waals surface area contributed by atoms with Crippen LogP contribution in [0.3, 0.4) is 0 Å². The van der Waals surface area contributed by atoms with E-state index < -0.39 is 12.0 Å². The molecule has 0 aliphatic carbocycles. The summed E-state index contributed by atoms with van der Waals surface area (Å²) in [6.07, 6.45) is 22.4. The van der Waals surface area contributed by atoms with E-state index in [1.165, 1.54) is 83.5 Å². The molecule has 5 heteroatoms. The van der Waals surface area contributed by atoms with Gasteiger partial charge in [0, 0.05) is 6.42 Å². The number of carbonyl (C=O) groups excluding carboxylic acids is 1. The van der Waals surface area contributed by atoms with Crippen LogP contribution in [0.25, 0.3) is 0 Å². The van der Waals surface area contributed by atoms with Gasteiger partial charge in [0.25, 0.3) is 0 Å². The van der Waals surface area contributed by atoms with Gasteiger partial charge in [-0.25, -0.2) is 4.79 Å². The highest BCUT2D eigenvalue weighted by Crippen LogP contribution is 2.13. The Morgan fingerprint density at radius 2 is 1.21 bits per heavy atom. The van der Waals surface area contributed by atoms with E-state index in [0.29, 0.717) is 12.8 Å². The molecule has 0 rings (SSSR count). The van der Waals surface area contributed by atoms with Gasteiger partial charge in [0.2, 0.25) is 5.91 Å². The summed E-state index contributed by atoms with van der Waals surface area (Å²) in [5.41, 5.74) is 0. The van der Waals surface area contributed by atoms with Gasteiger partial charge in [-0.05, 0) is 24.9 Å². The lowest BCUT2D eigenvalue weighted by molar-refractivity contribution is -0.141. The molecule has 0 spiro atoms. The number of hydrogen-bond acceptors (Lipinski definition) is 3. The van der Waals surface area contributed by atoms with Crippen molar-refractivity contribution in [1.29, 1.82) is 0 Å². The van der Waals surface area contributed by atoms with E-state index in [2.05, 4.69) is 12.2 Å². The molecule has 2 N–H and O–H groups in total. The van der Waals surface area contributed by atoms with Crippen molar-refractivity contribution in [2.24, 2.45) is 0 Å². The van der Waals surface area contributed by atoms with Crippen molar-refractivity contribution in [2.75, 3.05) is 12.0 Å². The van der Waals surface area contributed by atoms with E-state index in [4.69, 9.17) is 5.11 Å². The van der Waals surface area contributed by atoms with Gasteiger partial charge < -0.3 is 10.4 Å². The number of hydrogen-bond donors (Lipinski definition) is 2. The summed E-state index contributed by atoms with van der Waals surface area (Å²) in [4.78, 5) is 23.0. The molecule has 0 saturated carbocycles.